The van der Waals surface area contributed by atoms with Crippen LogP contribution in [-0.4, -0.2) is 17.9 Å². The molecule has 1 heterocycles. The average Bonchev–Trinajstić information content (AvgIpc) is 2.08. The first kappa shape index (κ1) is 10.2. The Balaban J connectivity index is 3.07. The molecule has 4 heteroatoms. The van der Waals surface area contributed by atoms with Crippen molar-refractivity contribution in [2.24, 2.45) is 0 Å². The third kappa shape index (κ3) is 2.52. The van der Waals surface area contributed by atoms with Crippen molar-refractivity contribution in [2.75, 3.05) is 7.11 Å². The number of hydrogen-bond donors (Lipinski definition) is 0. The molecule has 70 valence electrons. The van der Waals surface area contributed by atoms with Crippen molar-refractivity contribution in [2.45, 2.75) is 13.3 Å². The molecule has 0 amide bonds. The third-order valence-corrected chi connectivity index (χ3v) is 2.29. The van der Waals surface area contributed by atoms with E-state index >= 15 is 0 Å². The maximum atomic E-state index is 10.9. The largest absolute Gasteiger partial charge is 0.495 e. The highest BCUT2D eigenvalue weighted by Gasteiger charge is 2.09. The summed E-state index contributed by atoms with van der Waals surface area (Å²) in [6, 6.07) is 0. The number of pyridine rings is 1. The fraction of sp³-hybridized carbons (Fsp3) is 0.333. The van der Waals surface area contributed by atoms with Gasteiger partial charge in [-0.05, 0) is 22.9 Å². The Labute approximate surface area is 85.3 Å². The van der Waals surface area contributed by atoms with E-state index in [0.717, 1.165) is 10.0 Å². The van der Waals surface area contributed by atoms with E-state index in [-0.39, 0.29) is 5.78 Å². The highest BCUT2D eigenvalue weighted by Crippen LogP contribution is 2.25. The molecule has 0 fully saturated rings. The number of aromatic nitrogens is 1. The molecule has 0 saturated heterocycles. The second-order valence-electron chi connectivity index (χ2n) is 2.68. The summed E-state index contributed by atoms with van der Waals surface area (Å²) in [6.45, 7) is 1.55. The Morgan fingerprint density at radius 1 is 1.62 bits per heavy atom. The highest BCUT2D eigenvalue weighted by molar-refractivity contribution is 9.10. The van der Waals surface area contributed by atoms with Gasteiger partial charge in [-0.15, -0.1) is 0 Å². The Hall–Kier alpha value is -0.900. The number of methoxy groups -OCH3 is 1. The number of hydrogen-bond acceptors (Lipinski definition) is 3. The number of nitrogens with zero attached hydrogens (tertiary/aromatic N) is 1. The van der Waals surface area contributed by atoms with Crippen LogP contribution in [0.15, 0.2) is 16.9 Å². The molecular formula is C9H10BrNO2. The van der Waals surface area contributed by atoms with E-state index in [9.17, 15) is 4.79 Å². The molecule has 0 aliphatic heterocycles. The summed E-state index contributed by atoms with van der Waals surface area (Å²) in [5.41, 5.74) is 0.852. The fourth-order valence-corrected chi connectivity index (χ4v) is 1.49. The van der Waals surface area contributed by atoms with Crippen molar-refractivity contribution in [1.29, 1.82) is 0 Å². The number of halogens is 1. The molecule has 0 bridgehead atoms. The first-order chi connectivity index (χ1) is 6.15. The molecule has 1 rings (SSSR count). The lowest BCUT2D eigenvalue weighted by atomic mass is 10.1. The zero-order chi connectivity index (χ0) is 9.84. The van der Waals surface area contributed by atoms with Crippen LogP contribution in [0.1, 0.15) is 12.5 Å². The molecule has 0 aliphatic rings. The van der Waals surface area contributed by atoms with Crippen LogP contribution < -0.4 is 4.74 Å². The van der Waals surface area contributed by atoms with Gasteiger partial charge in [-0.2, -0.15) is 0 Å². The average molecular weight is 244 g/mol. The third-order valence-electron chi connectivity index (χ3n) is 1.61. The van der Waals surface area contributed by atoms with Crippen LogP contribution in [0.2, 0.25) is 0 Å². The second-order valence-corrected chi connectivity index (χ2v) is 3.54. The van der Waals surface area contributed by atoms with Crippen LogP contribution in [-0.2, 0) is 11.2 Å². The van der Waals surface area contributed by atoms with Crippen LogP contribution >= 0.6 is 15.9 Å². The summed E-state index contributed by atoms with van der Waals surface area (Å²) in [5, 5.41) is 0. The molecule has 0 atom stereocenters. The number of Topliss-reactive ketones (excluding diaryl/α,β-unsaturated/α-hetero) is 1. The predicted octanol–water partition coefficient (Wildman–Crippen LogP) is 1.98. The SMILES string of the molecule is COc1cncc(Br)c1CC(C)=O. The van der Waals surface area contributed by atoms with Crippen molar-refractivity contribution in [3.63, 3.8) is 0 Å². The monoisotopic (exact) mass is 243 g/mol. The van der Waals surface area contributed by atoms with Crippen molar-refractivity contribution >= 4 is 21.7 Å². The summed E-state index contributed by atoms with van der Waals surface area (Å²) >= 11 is 3.32. The second kappa shape index (κ2) is 4.37. The van der Waals surface area contributed by atoms with E-state index in [0.29, 0.717) is 12.2 Å². The van der Waals surface area contributed by atoms with Gasteiger partial charge in [-0.1, -0.05) is 0 Å². The van der Waals surface area contributed by atoms with Crippen LogP contribution in [0.4, 0.5) is 0 Å². The normalized spacial score (nSPS) is 9.77. The van der Waals surface area contributed by atoms with Crippen molar-refractivity contribution in [3.05, 3.63) is 22.4 Å². The molecule has 0 radical (unpaired) electrons. The summed E-state index contributed by atoms with van der Waals surface area (Å²) in [6.07, 6.45) is 3.62. The molecule has 0 spiro atoms. The van der Waals surface area contributed by atoms with Crippen molar-refractivity contribution in [1.82, 2.24) is 4.98 Å². The molecule has 0 saturated carbocycles. The molecule has 1 aromatic rings. The van der Waals surface area contributed by atoms with Gasteiger partial charge < -0.3 is 4.74 Å². The number of carbonyl (C=O) groups is 1. The minimum atomic E-state index is 0.102. The lowest BCUT2D eigenvalue weighted by Gasteiger charge is -2.07. The maximum absolute atomic E-state index is 10.9. The zero-order valence-corrected chi connectivity index (χ0v) is 9.09. The summed E-state index contributed by atoms with van der Waals surface area (Å²) in [5.74, 6) is 0.745. The molecule has 0 N–H and O–H groups in total. The van der Waals surface area contributed by atoms with Crippen molar-refractivity contribution < 1.29 is 9.53 Å². The molecule has 13 heavy (non-hydrogen) atoms. The van der Waals surface area contributed by atoms with Crippen LogP contribution in [0, 0.1) is 0 Å². The Bertz CT molecular complexity index is 325. The van der Waals surface area contributed by atoms with E-state index in [1.165, 1.54) is 0 Å². The minimum absolute atomic E-state index is 0.102. The lowest BCUT2D eigenvalue weighted by molar-refractivity contribution is -0.116. The number of rotatable bonds is 3. The van der Waals surface area contributed by atoms with Gasteiger partial charge in [0.1, 0.15) is 11.5 Å². The zero-order valence-electron chi connectivity index (χ0n) is 7.50. The van der Waals surface area contributed by atoms with Gasteiger partial charge in [0, 0.05) is 22.7 Å². The molecular weight excluding hydrogens is 234 g/mol. The van der Waals surface area contributed by atoms with E-state index in [1.54, 1.807) is 26.4 Å². The fourth-order valence-electron chi connectivity index (χ4n) is 1.04. The summed E-state index contributed by atoms with van der Waals surface area (Å²) in [4.78, 5) is 14.9. The first-order valence-electron chi connectivity index (χ1n) is 3.81. The Kier molecular flexibility index (Phi) is 3.42. The predicted molar refractivity (Wildman–Crippen MR) is 52.9 cm³/mol. The molecule has 0 aromatic carbocycles. The van der Waals surface area contributed by atoms with Crippen LogP contribution in [0.5, 0.6) is 5.75 Å². The standard InChI is InChI=1S/C9H10BrNO2/c1-6(12)3-7-8(10)4-11-5-9(7)13-2/h4-5H,3H2,1-2H3. The van der Waals surface area contributed by atoms with Gasteiger partial charge in [0.25, 0.3) is 0 Å². The topological polar surface area (TPSA) is 39.2 Å². The molecule has 0 aliphatic carbocycles. The van der Waals surface area contributed by atoms with Gasteiger partial charge in [0.2, 0.25) is 0 Å². The van der Waals surface area contributed by atoms with Crippen LogP contribution in [0.25, 0.3) is 0 Å². The number of carbonyl (C=O) groups excluding carboxylic acids is 1. The first-order valence-corrected chi connectivity index (χ1v) is 4.60. The molecule has 0 unspecified atom stereocenters. The van der Waals surface area contributed by atoms with E-state index in [4.69, 9.17) is 4.74 Å². The maximum Gasteiger partial charge on any atom is 0.141 e. The summed E-state index contributed by atoms with van der Waals surface area (Å²) < 4.78 is 5.89. The van der Waals surface area contributed by atoms with Gasteiger partial charge in [0.15, 0.2) is 0 Å². The van der Waals surface area contributed by atoms with Gasteiger partial charge >= 0.3 is 0 Å². The smallest absolute Gasteiger partial charge is 0.141 e. The van der Waals surface area contributed by atoms with Crippen LogP contribution in [0.3, 0.4) is 0 Å². The van der Waals surface area contributed by atoms with E-state index in [2.05, 4.69) is 20.9 Å². The van der Waals surface area contributed by atoms with E-state index in [1.807, 2.05) is 0 Å². The van der Waals surface area contributed by atoms with E-state index < -0.39 is 0 Å². The van der Waals surface area contributed by atoms with Gasteiger partial charge in [-0.3, -0.25) is 9.78 Å². The van der Waals surface area contributed by atoms with Gasteiger partial charge in [0.05, 0.1) is 13.3 Å². The summed E-state index contributed by atoms with van der Waals surface area (Å²) in [7, 11) is 1.56. The highest BCUT2D eigenvalue weighted by atomic mass is 79.9. The Morgan fingerprint density at radius 2 is 2.31 bits per heavy atom. The lowest BCUT2D eigenvalue weighted by Crippen LogP contribution is -2.01. The molecule has 1 aromatic heterocycles. The van der Waals surface area contributed by atoms with Gasteiger partial charge in [-0.25, -0.2) is 0 Å². The number of ether oxygens (including phenoxy) is 1. The molecule has 3 nitrogen and oxygen atoms in total. The Morgan fingerprint density at radius 3 is 2.85 bits per heavy atom. The van der Waals surface area contributed by atoms with Crippen molar-refractivity contribution in [3.8, 4) is 5.75 Å². The number of ketones is 1. The quantitative estimate of drug-likeness (QED) is 0.816. The minimum Gasteiger partial charge on any atom is -0.495 e.